The van der Waals surface area contributed by atoms with Gasteiger partial charge in [-0.25, -0.2) is 9.97 Å². The van der Waals surface area contributed by atoms with Crippen LogP contribution in [0.5, 0.6) is 0 Å². The minimum atomic E-state index is 0.674. The lowest BCUT2D eigenvalue weighted by atomic mass is 10.1. The molecule has 0 atom stereocenters. The van der Waals surface area contributed by atoms with Gasteiger partial charge < -0.3 is 10.6 Å². The second kappa shape index (κ2) is 7.18. The van der Waals surface area contributed by atoms with Crippen molar-refractivity contribution >= 4 is 11.5 Å². The third-order valence-electron chi connectivity index (χ3n) is 3.51. The Labute approximate surface area is 127 Å². The van der Waals surface area contributed by atoms with Crippen LogP contribution in [-0.2, 0) is 6.42 Å². The highest BCUT2D eigenvalue weighted by Crippen LogP contribution is 2.27. The highest BCUT2D eigenvalue weighted by molar-refractivity contribution is 5.63. The number of aryl methyl sites for hydroxylation is 3. The Balaban J connectivity index is 2.45. The molecule has 0 saturated carbocycles. The van der Waals surface area contributed by atoms with Gasteiger partial charge in [0.05, 0.1) is 0 Å². The second-order valence-corrected chi connectivity index (χ2v) is 5.20. The summed E-state index contributed by atoms with van der Waals surface area (Å²) in [5.74, 6) is 1.78. The van der Waals surface area contributed by atoms with Gasteiger partial charge in [0.2, 0.25) is 0 Å². The first-order valence-electron chi connectivity index (χ1n) is 7.53. The summed E-state index contributed by atoms with van der Waals surface area (Å²) >= 11 is 0. The van der Waals surface area contributed by atoms with Crippen molar-refractivity contribution in [1.82, 2.24) is 9.97 Å². The smallest absolute Gasteiger partial charge is 0.136 e. The summed E-state index contributed by atoms with van der Waals surface area (Å²) in [5.41, 5.74) is 9.20. The summed E-state index contributed by atoms with van der Waals surface area (Å²) in [4.78, 5) is 11.3. The van der Waals surface area contributed by atoms with Crippen LogP contribution in [0.15, 0.2) is 30.3 Å². The molecule has 21 heavy (non-hydrogen) atoms. The fraction of sp³-hybridized carbons (Fsp3) is 0.412. The molecule has 2 aromatic rings. The highest BCUT2D eigenvalue weighted by Gasteiger charge is 2.14. The van der Waals surface area contributed by atoms with Crippen LogP contribution in [-0.4, -0.2) is 23.1 Å². The van der Waals surface area contributed by atoms with Gasteiger partial charge in [-0.3, -0.25) is 0 Å². The first kappa shape index (κ1) is 15.4. The van der Waals surface area contributed by atoms with Gasteiger partial charge in [-0.2, -0.15) is 0 Å². The number of para-hydroxylation sites is 1. The molecule has 0 radical (unpaired) electrons. The average Bonchev–Trinajstić information content (AvgIpc) is 2.48. The Kier molecular flexibility index (Phi) is 5.28. The summed E-state index contributed by atoms with van der Waals surface area (Å²) in [6.07, 6.45) is 1.84. The SMILES string of the molecule is CCc1cc(N(CCCN)c2ccccc2C)nc(C)n1. The summed E-state index contributed by atoms with van der Waals surface area (Å²) in [6, 6.07) is 10.5. The minimum Gasteiger partial charge on any atom is -0.330 e. The summed E-state index contributed by atoms with van der Waals surface area (Å²) in [5, 5.41) is 0. The summed E-state index contributed by atoms with van der Waals surface area (Å²) in [6.45, 7) is 7.72. The van der Waals surface area contributed by atoms with Gasteiger partial charge in [0.1, 0.15) is 11.6 Å². The monoisotopic (exact) mass is 284 g/mol. The summed E-state index contributed by atoms with van der Waals surface area (Å²) < 4.78 is 0. The summed E-state index contributed by atoms with van der Waals surface area (Å²) in [7, 11) is 0. The molecule has 0 saturated heterocycles. The molecular weight excluding hydrogens is 260 g/mol. The van der Waals surface area contributed by atoms with Gasteiger partial charge in [-0.1, -0.05) is 25.1 Å². The number of aromatic nitrogens is 2. The van der Waals surface area contributed by atoms with E-state index in [9.17, 15) is 0 Å². The molecule has 1 aromatic carbocycles. The minimum absolute atomic E-state index is 0.674. The van der Waals surface area contributed by atoms with Gasteiger partial charge in [0, 0.05) is 24.0 Å². The second-order valence-electron chi connectivity index (χ2n) is 5.20. The third-order valence-corrected chi connectivity index (χ3v) is 3.51. The van der Waals surface area contributed by atoms with Crippen molar-refractivity contribution in [1.29, 1.82) is 0 Å². The topological polar surface area (TPSA) is 55.0 Å². The lowest BCUT2D eigenvalue weighted by Crippen LogP contribution is -2.23. The van der Waals surface area contributed by atoms with Crippen molar-refractivity contribution in [3.05, 3.63) is 47.4 Å². The van der Waals surface area contributed by atoms with Crippen LogP contribution < -0.4 is 10.6 Å². The number of rotatable bonds is 6. The Morgan fingerprint density at radius 3 is 2.57 bits per heavy atom. The van der Waals surface area contributed by atoms with Gasteiger partial charge in [0.15, 0.2) is 0 Å². The standard InChI is InChI=1S/C17H24N4/c1-4-15-12-17(20-14(3)19-15)21(11-7-10-18)16-9-6-5-8-13(16)2/h5-6,8-9,12H,4,7,10-11,18H2,1-3H3. The number of benzene rings is 1. The number of nitrogens with two attached hydrogens (primary N) is 1. The van der Waals surface area contributed by atoms with E-state index >= 15 is 0 Å². The Bertz CT molecular complexity index is 595. The molecule has 1 aromatic heterocycles. The first-order valence-corrected chi connectivity index (χ1v) is 7.53. The average molecular weight is 284 g/mol. The first-order chi connectivity index (χ1) is 10.2. The molecule has 1 heterocycles. The number of anilines is 2. The van der Waals surface area contributed by atoms with Gasteiger partial charge in [-0.15, -0.1) is 0 Å². The van der Waals surface area contributed by atoms with Crippen LogP contribution >= 0.6 is 0 Å². The van der Waals surface area contributed by atoms with Crippen LogP contribution in [0.4, 0.5) is 11.5 Å². The van der Waals surface area contributed by atoms with Crippen molar-refractivity contribution in [2.75, 3.05) is 18.0 Å². The van der Waals surface area contributed by atoms with E-state index in [0.717, 1.165) is 36.7 Å². The molecule has 2 N–H and O–H groups in total. The maximum Gasteiger partial charge on any atom is 0.136 e. The van der Waals surface area contributed by atoms with Crippen molar-refractivity contribution in [2.45, 2.75) is 33.6 Å². The number of nitrogens with zero attached hydrogens (tertiary/aromatic N) is 3. The molecule has 2 rings (SSSR count). The van der Waals surface area contributed by atoms with Crippen LogP contribution in [0.3, 0.4) is 0 Å². The predicted octanol–water partition coefficient (Wildman–Crippen LogP) is 3.14. The fourth-order valence-electron chi connectivity index (χ4n) is 2.41. The predicted molar refractivity (Wildman–Crippen MR) is 88.0 cm³/mol. The molecule has 0 aliphatic heterocycles. The Hall–Kier alpha value is -1.94. The zero-order valence-electron chi connectivity index (χ0n) is 13.1. The van der Waals surface area contributed by atoms with Crippen LogP contribution in [0.1, 0.15) is 30.4 Å². The molecular formula is C17H24N4. The van der Waals surface area contributed by atoms with Gasteiger partial charge in [-0.05, 0) is 44.9 Å². The van der Waals surface area contributed by atoms with E-state index in [-0.39, 0.29) is 0 Å². The highest BCUT2D eigenvalue weighted by atomic mass is 15.2. The molecule has 0 aliphatic rings. The van der Waals surface area contributed by atoms with E-state index in [1.54, 1.807) is 0 Å². The lowest BCUT2D eigenvalue weighted by Gasteiger charge is -2.26. The zero-order chi connectivity index (χ0) is 15.2. The van der Waals surface area contributed by atoms with Crippen LogP contribution in [0.2, 0.25) is 0 Å². The van der Waals surface area contributed by atoms with Crippen LogP contribution in [0.25, 0.3) is 0 Å². The molecule has 0 unspecified atom stereocenters. The molecule has 0 spiro atoms. The van der Waals surface area contributed by atoms with E-state index in [1.807, 2.05) is 6.92 Å². The number of hydrogen-bond acceptors (Lipinski definition) is 4. The van der Waals surface area contributed by atoms with Crippen molar-refractivity contribution in [3.63, 3.8) is 0 Å². The number of hydrogen-bond donors (Lipinski definition) is 1. The Morgan fingerprint density at radius 1 is 1.14 bits per heavy atom. The molecule has 0 bridgehead atoms. The van der Waals surface area contributed by atoms with E-state index in [4.69, 9.17) is 5.73 Å². The van der Waals surface area contributed by atoms with E-state index < -0.39 is 0 Å². The lowest BCUT2D eigenvalue weighted by molar-refractivity contribution is 0.800. The van der Waals surface area contributed by atoms with Crippen LogP contribution in [0, 0.1) is 13.8 Å². The molecule has 4 heteroatoms. The fourth-order valence-corrected chi connectivity index (χ4v) is 2.41. The quantitative estimate of drug-likeness (QED) is 0.885. The molecule has 0 aliphatic carbocycles. The molecule has 0 amide bonds. The molecule has 0 fully saturated rings. The van der Waals surface area contributed by atoms with Crippen molar-refractivity contribution in [2.24, 2.45) is 5.73 Å². The third kappa shape index (κ3) is 3.79. The van der Waals surface area contributed by atoms with E-state index in [2.05, 4.69) is 59.0 Å². The van der Waals surface area contributed by atoms with E-state index in [0.29, 0.717) is 6.54 Å². The van der Waals surface area contributed by atoms with Crippen molar-refractivity contribution < 1.29 is 0 Å². The normalized spacial score (nSPS) is 10.7. The molecule has 4 nitrogen and oxygen atoms in total. The maximum absolute atomic E-state index is 5.70. The van der Waals surface area contributed by atoms with Gasteiger partial charge >= 0.3 is 0 Å². The molecule has 112 valence electrons. The van der Waals surface area contributed by atoms with Gasteiger partial charge in [0.25, 0.3) is 0 Å². The largest absolute Gasteiger partial charge is 0.330 e. The van der Waals surface area contributed by atoms with Crippen molar-refractivity contribution in [3.8, 4) is 0 Å². The zero-order valence-corrected chi connectivity index (χ0v) is 13.1. The Morgan fingerprint density at radius 2 is 1.90 bits per heavy atom. The maximum atomic E-state index is 5.70. The van der Waals surface area contributed by atoms with E-state index in [1.165, 1.54) is 11.3 Å².